The fourth-order valence-corrected chi connectivity index (χ4v) is 2.49. The summed E-state index contributed by atoms with van der Waals surface area (Å²) in [6.07, 6.45) is 1.91. The van der Waals surface area contributed by atoms with Gasteiger partial charge in [-0.15, -0.1) is 0 Å². The van der Waals surface area contributed by atoms with Crippen molar-refractivity contribution in [2.45, 2.75) is 13.5 Å². The van der Waals surface area contributed by atoms with Crippen LogP contribution < -0.4 is 9.64 Å². The molecule has 1 amide bonds. The molecule has 0 aliphatic carbocycles. The van der Waals surface area contributed by atoms with Crippen molar-refractivity contribution in [2.75, 3.05) is 19.1 Å². The van der Waals surface area contributed by atoms with Gasteiger partial charge >= 0.3 is 0 Å². The second-order valence-electron chi connectivity index (χ2n) is 4.40. The Kier molecular flexibility index (Phi) is 4.49. The van der Waals surface area contributed by atoms with Gasteiger partial charge in [-0.1, -0.05) is 6.07 Å². The average Bonchev–Trinajstić information content (AvgIpc) is 2.86. The van der Waals surface area contributed by atoms with Gasteiger partial charge in [0.2, 0.25) is 0 Å². The van der Waals surface area contributed by atoms with Gasteiger partial charge < -0.3 is 14.2 Å². The third kappa shape index (κ3) is 2.88. The van der Waals surface area contributed by atoms with E-state index in [1.165, 1.54) is 0 Å². The Labute approximate surface area is 127 Å². The minimum Gasteiger partial charge on any atom is -0.497 e. The Balaban J connectivity index is 2.31. The first kappa shape index (κ1) is 14.7. The van der Waals surface area contributed by atoms with E-state index >= 15 is 0 Å². The predicted octanol–water partition coefficient (Wildman–Crippen LogP) is 3.56. The lowest BCUT2D eigenvalue weighted by atomic mass is 10.2. The smallest absolute Gasteiger partial charge is 0.274 e. The number of anilines is 1. The van der Waals surface area contributed by atoms with Crippen LogP contribution in [0.25, 0.3) is 0 Å². The van der Waals surface area contributed by atoms with Crippen LogP contribution in [-0.4, -0.2) is 24.6 Å². The summed E-state index contributed by atoms with van der Waals surface area (Å²) in [6.45, 7) is 2.76. The number of methoxy groups -OCH3 is 1. The van der Waals surface area contributed by atoms with Gasteiger partial charge in [0.15, 0.2) is 0 Å². The maximum absolute atomic E-state index is 12.6. The number of carbonyl (C=O) groups excluding carboxylic acids is 1. The first-order chi connectivity index (χ1) is 9.56. The van der Waals surface area contributed by atoms with Crippen LogP contribution in [0.1, 0.15) is 17.4 Å². The fourth-order valence-electron chi connectivity index (χ4n) is 2.02. The third-order valence-corrected chi connectivity index (χ3v) is 3.60. The van der Waals surface area contributed by atoms with Crippen molar-refractivity contribution in [3.63, 3.8) is 0 Å². The minimum atomic E-state index is -0.0502. The second-order valence-corrected chi connectivity index (χ2v) is 5.31. The Morgan fingerprint density at radius 2 is 2.15 bits per heavy atom. The molecule has 0 atom stereocenters. The zero-order valence-corrected chi connectivity index (χ0v) is 13.3. The second kappa shape index (κ2) is 6.13. The maximum Gasteiger partial charge on any atom is 0.274 e. The minimum absolute atomic E-state index is 0.0502. The van der Waals surface area contributed by atoms with Gasteiger partial charge in [-0.3, -0.25) is 4.79 Å². The van der Waals surface area contributed by atoms with E-state index in [9.17, 15) is 4.79 Å². The largest absolute Gasteiger partial charge is 0.497 e. The van der Waals surface area contributed by atoms with Crippen LogP contribution in [0.4, 0.5) is 5.69 Å². The Morgan fingerprint density at radius 3 is 2.80 bits per heavy atom. The molecule has 0 aliphatic rings. The van der Waals surface area contributed by atoms with Gasteiger partial charge in [0.05, 0.1) is 7.11 Å². The number of hydrogen-bond donors (Lipinski definition) is 0. The molecule has 2 rings (SSSR count). The highest BCUT2D eigenvalue weighted by Gasteiger charge is 2.18. The van der Waals surface area contributed by atoms with E-state index in [0.717, 1.165) is 22.5 Å². The first-order valence-corrected chi connectivity index (χ1v) is 7.14. The lowest BCUT2D eigenvalue weighted by Gasteiger charge is -2.18. The van der Waals surface area contributed by atoms with E-state index in [-0.39, 0.29) is 5.91 Å². The summed E-state index contributed by atoms with van der Waals surface area (Å²) in [5.41, 5.74) is 1.46. The van der Waals surface area contributed by atoms with E-state index in [2.05, 4.69) is 15.9 Å². The summed E-state index contributed by atoms with van der Waals surface area (Å²) in [4.78, 5) is 14.2. The normalized spacial score (nSPS) is 10.4. The zero-order chi connectivity index (χ0) is 14.7. The summed E-state index contributed by atoms with van der Waals surface area (Å²) < 4.78 is 8.01. The van der Waals surface area contributed by atoms with E-state index in [4.69, 9.17) is 4.74 Å². The van der Waals surface area contributed by atoms with Crippen LogP contribution >= 0.6 is 15.9 Å². The number of halogens is 1. The molecule has 0 saturated heterocycles. The average molecular weight is 337 g/mol. The first-order valence-electron chi connectivity index (χ1n) is 6.34. The van der Waals surface area contributed by atoms with Gasteiger partial charge in [-0.05, 0) is 41.1 Å². The standard InChI is InChI=1S/C15H17BrN2O2/c1-4-18-10-11(16)8-14(18)15(19)17(2)12-6-5-7-13(9-12)20-3/h5-10H,4H2,1-3H3. The summed E-state index contributed by atoms with van der Waals surface area (Å²) in [7, 11) is 3.37. The fraction of sp³-hybridized carbons (Fsp3) is 0.267. The molecular formula is C15H17BrN2O2. The number of rotatable bonds is 4. The van der Waals surface area contributed by atoms with Gasteiger partial charge in [0.25, 0.3) is 5.91 Å². The maximum atomic E-state index is 12.6. The molecule has 4 nitrogen and oxygen atoms in total. The van der Waals surface area contributed by atoms with Crippen molar-refractivity contribution in [3.8, 4) is 5.75 Å². The third-order valence-electron chi connectivity index (χ3n) is 3.17. The van der Waals surface area contributed by atoms with Gasteiger partial charge in [0, 0.05) is 36.0 Å². The summed E-state index contributed by atoms with van der Waals surface area (Å²) in [5, 5.41) is 0. The molecule has 2 aromatic rings. The number of aromatic nitrogens is 1. The van der Waals surface area contributed by atoms with Crippen LogP contribution in [0.15, 0.2) is 41.0 Å². The van der Waals surface area contributed by atoms with E-state index in [0.29, 0.717) is 5.69 Å². The molecule has 0 bridgehead atoms. The molecule has 0 saturated carbocycles. The molecule has 106 valence electrons. The van der Waals surface area contributed by atoms with E-state index < -0.39 is 0 Å². The molecule has 0 radical (unpaired) electrons. The van der Waals surface area contributed by atoms with Crippen molar-refractivity contribution < 1.29 is 9.53 Å². The number of nitrogens with zero attached hydrogens (tertiary/aromatic N) is 2. The molecule has 1 aromatic carbocycles. The molecule has 0 unspecified atom stereocenters. The highest BCUT2D eigenvalue weighted by molar-refractivity contribution is 9.10. The number of benzene rings is 1. The predicted molar refractivity (Wildman–Crippen MR) is 83.5 cm³/mol. The van der Waals surface area contributed by atoms with Crippen molar-refractivity contribution in [3.05, 3.63) is 46.7 Å². The van der Waals surface area contributed by atoms with Crippen LogP contribution in [-0.2, 0) is 6.54 Å². The van der Waals surface area contributed by atoms with Crippen LogP contribution in [0, 0.1) is 0 Å². The number of amides is 1. The van der Waals surface area contributed by atoms with Gasteiger partial charge in [-0.2, -0.15) is 0 Å². The number of aryl methyl sites for hydroxylation is 1. The van der Waals surface area contributed by atoms with Gasteiger partial charge in [-0.25, -0.2) is 0 Å². The van der Waals surface area contributed by atoms with Crippen molar-refractivity contribution in [1.29, 1.82) is 0 Å². The van der Waals surface area contributed by atoms with E-state index in [1.807, 2.05) is 48.0 Å². The lowest BCUT2D eigenvalue weighted by molar-refractivity contribution is 0.0984. The molecule has 20 heavy (non-hydrogen) atoms. The topological polar surface area (TPSA) is 34.5 Å². The van der Waals surface area contributed by atoms with Crippen LogP contribution in [0.3, 0.4) is 0 Å². The van der Waals surface area contributed by atoms with Crippen molar-refractivity contribution >= 4 is 27.5 Å². The zero-order valence-electron chi connectivity index (χ0n) is 11.8. The highest BCUT2D eigenvalue weighted by atomic mass is 79.9. The summed E-state index contributed by atoms with van der Waals surface area (Å²) in [5.74, 6) is 0.681. The Hall–Kier alpha value is -1.75. The Morgan fingerprint density at radius 1 is 1.40 bits per heavy atom. The highest BCUT2D eigenvalue weighted by Crippen LogP contribution is 2.23. The van der Waals surface area contributed by atoms with E-state index in [1.54, 1.807) is 19.1 Å². The molecule has 1 heterocycles. The summed E-state index contributed by atoms with van der Waals surface area (Å²) in [6, 6.07) is 9.28. The number of ether oxygens (including phenoxy) is 1. The van der Waals surface area contributed by atoms with Crippen molar-refractivity contribution in [1.82, 2.24) is 4.57 Å². The van der Waals surface area contributed by atoms with Crippen LogP contribution in [0.5, 0.6) is 5.75 Å². The van der Waals surface area contributed by atoms with Crippen LogP contribution in [0.2, 0.25) is 0 Å². The number of hydrogen-bond acceptors (Lipinski definition) is 2. The number of carbonyl (C=O) groups is 1. The quantitative estimate of drug-likeness (QED) is 0.855. The SMILES string of the molecule is CCn1cc(Br)cc1C(=O)N(C)c1cccc(OC)c1. The van der Waals surface area contributed by atoms with Crippen molar-refractivity contribution in [2.24, 2.45) is 0 Å². The molecule has 0 aliphatic heterocycles. The molecular weight excluding hydrogens is 320 g/mol. The lowest BCUT2D eigenvalue weighted by Crippen LogP contribution is -2.28. The summed E-state index contributed by atoms with van der Waals surface area (Å²) >= 11 is 3.41. The molecule has 0 spiro atoms. The monoisotopic (exact) mass is 336 g/mol. The molecule has 1 aromatic heterocycles. The molecule has 0 fully saturated rings. The van der Waals surface area contributed by atoms with Gasteiger partial charge in [0.1, 0.15) is 11.4 Å². The molecule has 0 N–H and O–H groups in total. The molecule has 5 heteroatoms. The Bertz CT molecular complexity index is 622.